The number of hydrogen-bond acceptors (Lipinski definition) is 4. The van der Waals surface area contributed by atoms with Crippen LogP contribution < -0.4 is 10.2 Å². The number of aliphatic carboxylic acids is 1. The highest BCUT2D eigenvalue weighted by Crippen LogP contribution is 2.13. The quantitative estimate of drug-likeness (QED) is 0.449. The van der Waals surface area contributed by atoms with Gasteiger partial charge in [-0.2, -0.15) is 0 Å². The summed E-state index contributed by atoms with van der Waals surface area (Å²) >= 11 is 0. The molecule has 28 heavy (non-hydrogen) atoms. The molecule has 6 heteroatoms. The number of nitrogens with zero attached hydrogens (tertiary/aromatic N) is 2. The summed E-state index contributed by atoms with van der Waals surface area (Å²) in [6.07, 6.45) is 7.03. The van der Waals surface area contributed by atoms with Crippen molar-refractivity contribution in [1.82, 2.24) is 10.2 Å². The van der Waals surface area contributed by atoms with Crippen molar-refractivity contribution in [3.05, 3.63) is 30.3 Å². The first-order chi connectivity index (χ1) is 13.4. The lowest BCUT2D eigenvalue weighted by Gasteiger charge is -2.20. The molecule has 0 heterocycles. The summed E-state index contributed by atoms with van der Waals surface area (Å²) in [6.45, 7) is 1.60. The molecule has 0 radical (unpaired) electrons. The summed E-state index contributed by atoms with van der Waals surface area (Å²) in [5.74, 6) is -0.928. The van der Waals surface area contributed by atoms with Crippen molar-refractivity contribution in [3.63, 3.8) is 0 Å². The Balaban J connectivity index is 2.06. The zero-order valence-electron chi connectivity index (χ0n) is 17.7. The van der Waals surface area contributed by atoms with E-state index in [2.05, 4.69) is 41.5 Å². The smallest absolute Gasteiger partial charge is 0.305 e. The maximum Gasteiger partial charge on any atom is 0.305 e. The standard InChI is InChI=1S/C22H37N3O3/c1-24(2)18-19(17-22(27)28)23-21(26)15-11-6-4-5-7-12-16-25(3)20-13-9-8-10-14-20/h8-10,13-14,19H,4-7,11-12,15-18H2,1-3H3,(H,23,26)(H,27,28)/t19-/m1/s1. The van der Waals surface area contributed by atoms with E-state index in [1.54, 1.807) is 0 Å². The Bertz CT molecular complexity index is 563. The van der Waals surface area contributed by atoms with E-state index >= 15 is 0 Å². The number of nitrogens with one attached hydrogen (secondary N) is 1. The third-order valence-electron chi connectivity index (χ3n) is 4.72. The molecule has 0 saturated heterocycles. The fourth-order valence-electron chi connectivity index (χ4n) is 3.27. The molecule has 0 saturated carbocycles. The summed E-state index contributed by atoms with van der Waals surface area (Å²) < 4.78 is 0. The number of carbonyl (C=O) groups excluding carboxylic acids is 1. The highest BCUT2D eigenvalue weighted by molar-refractivity contribution is 5.77. The van der Waals surface area contributed by atoms with Gasteiger partial charge in [-0.05, 0) is 39.1 Å². The van der Waals surface area contributed by atoms with E-state index in [9.17, 15) is 9.59 Å². The van der Waals surface area contributed by atoms with Gasteiger partial charge in [-0.1, -0.05) is 43.9 Å². The number of unbranched alkanes of at least 4 members (excludes halogenated alkanes) is 5. The van der Waals surface area contributed by atoms with E-state index in [-0.39, 0.29) is 18.4 Å². The second-order valence-electron chi connectivity index (χ2n) is 7.75. The molecule has 1 amide bonds. The van der Waals surface area contributed by atoms with Crippen LogP contribution in [0.3, 0.4) is 0 Å². The maximum atomic E-state index is 12.0. The summed E-state index contributed by atoms with van der Waals surface area (Å²) in [4.78, 5) is 27.1. The van der Waals surface area contributed by atoms with Gasteiger partial charge in [0.1, 0.15) is 0 Å². The first-order valence-electron chi connectivity index (χ1n) is 10.3. The molecule has 0 unspecified atom stereocenters. The lowest BCUT2D eigenvalue weighted by molar-refractivity contribution is -0.137. The van der Waals surface area contributed by atoms with Crippen LogP contribution in [0.1, 0.15) is 51.4 Å². The minimum atomic E-state index is -0.884. The van der Waals surface area contributed by atoms with Gasteiger partial charge in [0.25, 0.3) is 0 Å². The Morgan fingerprint density at radius 3 is 2.18 bits per heavy atom. The van der Waals surface area contributed by atoms with Crippen molar-refractivity contribution in [2.45, 2.75) is 57.4 Å². The zero-order valence-corrected chi connectivity index (χ0v) is 17.7. The summed E-state index contributed by atoms with van der Waals surface area (Å²) in [6, 6.07) is 10.1. The number of para-hydroxylation sites is 1. The molecule has 2 N–H and O–H groups in total. The SMILES string of the molecule is CN(C)C[C@@H](CC(=O)O)NC(=O)CCCCCCCCN(C)c1ccccc1. The summed E-state index contributed by atoms with van der Waals surface area (Å²) in [5.41, 5.74) is 1.25. The van der Waals surface area contributed by atoms with Gasteiger partial charge in [-0.15, -0.1) is 0 Å². The number of benzene rings is 1. The van der Waals surface area contributed by atoms with E-state index in [4.69, 9.17) is 5.11 Å². The van der Waals surface area contributed by atoms with Crippen LogP contribution in [0.25, 0.3) is 0 Å². The predicted molar refractivity (Wildman–Crippen MR) is 115 cm³/mol. The number of carbonyl (C=O) groups is 2. The van der Waals surface area contributed by atoms with Crippen molar-refractivity contribution in [3.8, 4) is 0 Å². The summed E-state index contributed by atoms with van der Waals surface area (Å²) in [5, 5.41) is 11.8. The summed E-state index contributed by atoms with van der Waals surface area (Å²) in [7, 11) is 5.87. The molecule has 6 nitrogen and oxygen atoms in total. The molecule has 1 aromatic rings. The van der Waals surface area contributed by atoms with Crippen molar-refractivity contribution in [2.24, 2.45) is 0 Å². The third kappa shape index (κ3) is 11.6. The average Bonchev–Trinajstić information content (AvgIpc) is 2.63. The van der Waals surface area contributed by atoms with Crippen LogP contribution in [-0.2, 0) is 9.59 Å². The molecule has 0 aromatic heterocycles. The molecule has 0 aliphatic carbocycles. The number of hydrogen-bond donors (Lipinski definition) is 2. The minimum Gasteiger partial charge on any atom is -0.481 e. The van der Waals surface area contributed by atoms with Gasteiger partial charge in [-0.3, -0.25) is 9.59 Å². The van der Waals surface area contributed by atoms with Crippen LogP contribution in [0.2, 0.25) is 0 Å². The van der Waals surface area contributed by atoms with Gasteiger partial charge in [-0.25, -0.2) is 0 Å². The Morgan fingerprint density at radius 1 is 0.964 bits per heavy atom. The van der Waals surface area contributed by atoms with Crippen molar-refractivity contribution >= 4 is 17.6 Å². The van der Waals surface area contributed by atoms with Gasteiger partial charge in [0.05, 0.1) is 12.5 Å². The largest absolute Gasteiger partial charge is 0.481 e. The molecule has 0 bridgehead atoms. The van der Waals surface area contributed by atoms with Gasteiger partial charge in [0.15, 0.2) is 0 Å². The molecule has 0 fully saturated rings. The first kappa shape index (κ1) is 24.0. The molecule has 158 valence electrons. The van der Waals surface area contributed by atoms with Crippen molar-refractivity contribution in [1.29, 1.82) is 0 Å². The average molecular weight is 392 g/mol. The monoisotopic (exact) mass is 391 g/mol. The van der Waals surface area contributed by atoms with E-state index < -0.39 is 5.97 Å². The van der Waals surface area contributed by atoms with Crippen LogP contribution in [0.5, 0.6) is 0 Å². The molecule has 0 spiro atoms. The normalized spacial score (nSPS) is 12.0. The van der Waals surface area contributed by atoms with E-state index in [0.717, 1.165) is 25.8 Å². The fourth-order valence-corrected chi connectivity index (χ4v) is 3.27. The van der Waals surface area contributed by atoms with E-state index in [1.807, 2.05) is 25.1 Å². The molecule has 0 aliphatic rings. The van der Waals surface area contributed by atoms with E-state index in [0.29, 0.717) is 13.0 Å². The number of rotatable bonds is 15. The van der Waals surface area contributed by atoms with Gasteiger partial charge in [0.2, 0.25) is 5.91 Å². The molecular weight excluding hydrogens is 354 g/mol. The molecule has 0 aliphatic heterocycles. The van der Waals surface area contributed by atoms with Crippen molar-refractivity contribution in [2.75, 3.05) is 39.1 Å². The zero-order chi connectivity index (χ0) is 20.8. The van der Waals surface area contributed by atoms with E-state index in [1.165, 1.54) is 24.9 Å². The Labute approximate surface area is 169 Å². The van der Waals surface area contributed by atoms with Gasteiger partial charge in [0, 0.05) is 32.2 Å². The van der Waals surface area contributed by atoms with Gasteiger partial charge >= 0.3 is 5.97 Å². The number of carboxylic acids is 1. The highest BCUT2D eigenvalue weighted by Gasteiger charge is 2.16. The first-order valence-corrected chi connectivity index (χ1v) is 10.3. The van der Waals surface area contributed by atoms with Crippen molar-refractivity contribution < 1.29 is 14.7 Å². The minimum absolute atomic E-state index is 0.0403. The molecule has 1 atom stereocenters. The highest BCUT2D eigenvalue weighted by atomic mass is 16.4. The predicted octanol–water partition coefficient (Wildman–Crippen LogP) is 3.37. The van der Waals surface area contributed by atoms with Crippen LogP contribution >= 0.6 is 0 Å². The Kier molecular flexibility index (Phi) is 12.0. The lowest BCUT2D eigenvalue weighted by atomic mass is 10.1. The van der Waals surface area contributed by atoms with Crippen LogP contribution in [0.4, 0.5) is 5.69 Å². The second-order valence-corrected chi connectivity index (χ2v) is 7.75. The van der Waals surface area contributed by atoms with Crippen LogP contribution in [0, 0.1) is 0 Å². The topological polar surface area (TPSA) is 72.9 Å². The molecular formula is C22H37N3O3. The maximum absolute atomic E-state index is 12.0. The fraction of sp³-hybridized carbons (Fsp3) is 0.636. The molecule has 1 rings (SSSR count). The molecule has 1 aromatic carbocycles. The second kappa shape index (κ2) is 14.0. The van der Waals surface area contributed by atoms with Gasteiger partial charge < -0.3 is 20.2 Å². The third-order valence-corrected chi connectivity index (χ3v) is 4.72. The Hall–Kier alpha value is -2.08. The van der Waals surface area contributed by atoms with Crippen LogP contribution in [0.15, 0.2) is 30.3 Å². The lowest BCUT2D eigenvalue weighted by Crippen LogP contribution is -2.42. The van der Waals surface area contributed by atoms with Crippen LogP contribution in [-0.4, -0.2) is 62.2 Å². The number of amides is 1. The number of likely N-dealkylation sites (N-methyl/N-ethyl adjacent to an activating group) is 1. The number of carboxylic acid groups (broad SMARTS) is 1. The number of anilines is 1. The Morgan fingerprint density at radius 2 is 1.57 bits per heavy atom.